The Morgan fingerprint density at radius 2 is 1.76 bits per heavy atom. The molecule has 0 radical (unpaired) electrons. The molecule has 4 fully saturated rings. The Bertz CT molecular complexity index is 1130. The van der Waals surface area contributed by atoms with E-state index >= 15 is 0 Å². The van der Waals surface area contributed by atoms with Gasteiger partial charge in [-0.2, -0.15) is 4.98 Å². The lowest BCUT2D eigenvalue weighted by Crippen LogP contribution is -2.52. The Kier molecular flexibility index (Phi) is 7.82. The molecule has 4 aliphatic rings. The molecule has 1 aromatic heterocycles. The standard InChI is InChI=1S/C26H34Cl2N6O4/c1-32-8-10-33(11-9-32)17-4-6-34(7-5-17)20-3-2-16(12-18(20)27)30-26-29-13-19(28)25(31-26)38-22-15-37-23-21(35)14-36-24(22)23/h2-3,12-13,17,21-24,35H,4-11,14-15H2,1H3,(H,29,30,31)/t21-,22-,23-,24-/m1/s1. The number of aliphatic hydroxyl groups is 1. The number of halogens is 2. The summed E-state index contributed by atoms with van der Waals surface area (Å²) < 4.78 is 17.3. The van der Waals surface area contributed by atoms with Gasteiger partial charge in [0.05, 0.1) is 30.1 Å². The van der Waals surface area contributed by atoms with E-state index in [9.17, 15) is 5.11 Å². The van der Waals surface area contributed by atoms with Crippen LogP contribution < -0.4 is 15.0 Å². The number of aliphatic hydroxyl groups excluding tert-OH is 1. The minimum absolute atomic E-state index is 0.227. The SMILES string of the molecule is CN1CCN(C2CCN(c3ccc(Nc4ncc(Cl)c(O[C@@H]5CO[C@H]6[C@@H]5OC[C@H]6O)n4)cc3Cl)CC2)CC1. The Morgan fingerprint density at radius 3 is 2.53 bits per heavy atom. The summed E-state index contributed by atoms with van der Waals surface area (Å²) in [6.07, 6.45) is 1.99. The number of benzene rings is 1. The van der Waals surface area contributed by atoms with Gasteiger partial charge in [-0.15, -0.1) is 0 Å². The molecule has 0 bridgehead atoms. The fourth-order valence-electron chi connectivity index (χ4n) is 5.81. The topological polar surface area (TPSA) is 95.5 Å². The second-order valence-electron chi connectivity index (χ2n) is 10.5. The van der Waals surface area contributed by atoms with E-state index in [0.717, 1.165) is 63.5 Å². The molecule has 4 saturated heterocycles. The third kappa shape index (κ3) is 5.54. The first-order valence-electron chi connectivity index (χ1n) is 13.3. The minimum atomic E-state index is -0.650. The van der Waals surface area contributed by atoms with Crippen LogP contribution in [0.3, 0.4) is 0 Å². The molecule has 4 aliphatic heterocycles. The van der Waals surface area contributed by atoms with Gasteiger partial charge in [0.1, 0.15) is 23.3 Å². The van der Waals surface area contributed by atoms with Crippen molar-refractivity contribution in [2.45, 2.75) is 43.3 Å². The van der Waals surface area contributed by atoms with E-state index in [2.05, 4.69) is 37.0 Å². The van der Waals surface area contributed by atoms with Gasteiger partial charge in [0.25, 0.3) is 0 Å². The molecule has 10 nitrogen and oxygen atoms in total. The van der Waals surface area contributed by atoms with Crippen molar-refractivity contribution in [3.05, 3.63) is 34.4 Å². The Hall–Kier alpha value is -1.92. The molecule has 5 heterocycles. The molecule has 38 heavy (non-hydrogen) atoms. The summed E-state index contributed by atoms with van der Waals surface area (Å²) in [5.74, 6) is 0.568. The van der Waals surface area contributed by atoms with Crippen LogP contribution in [0.2, 0.25) is 10.0 Å². The van der Waals surface area contributed by atoms with Crippen LogP contribution in [0.1, 0.15) is 12.8 Å². The van der Waals surface area contributed by atoms with Gasteiger partial charge in [-0.3, -0.25) is 4.90 Å². The first kappa shape index (κ1) is 26.3. The molecule has 12 heteroatoms. The van der Waals surface area contributed by atoms with E-state index in [-0.39, 0.29) is 23.6 Å². The van der Waals surface area contributed by atoms with Gasteiger partial charge >= 0.3 is 0 Å². The highest BCUT2D eigenvalue weighted by molar-refractivity contribution is 6.33. The molecule has 0 unspecified atom stereocenters. The van der Waals surface area contributed by atoms with Crippen LogP contribution in [0, 0.1) is 0 Å². The molecule has 0 saturated carbocycles. The molecule has 2 aromatic rings. The lowest BCUT2D eigenvalue weighted by atomic mass is 10.0. The molecule has 4 atom stereocenters. The van der Waals surface area contributed by atoms with Gasteiger partial charge in [0.15, 0.2) is 6.10 Å². The summed E-state index contributed by atoms with van der Waals surface area (Å²) in [5.41, 5.74) is 1.82. The Labute approximate surface area is 232 Å². The summed E-state index contributed by atoms with van der Waals surface area (Å²) >= 11 is 13.0. The maximum Gasteiger partial charge on any atom is 0.237 e. The third-order valence-electron chi connectivity index (χ3n) is 8.02. The van der Waals surface area contributed by atoms with Crippen LogP contribution in [-0.4, -0.2) is 115 Å². The molecule has 0 amide bonds. The van der Waals surface area contributed by atoms with E-state index in [4.69, 9.17) is 37.4 Å². The van der Waals surface area contributed by atoms with Crippen molar-refractivity contribution in [1.29, 1.82) is 0 Å². The molecule has 2 N–H and O–H groups in total. The van der Waals surface area contributed by atoms with E-state index in [0.29, 0.717) is 23.6 Å². The van der Waals surface area contributed by atoms with Crippen LogP contribution in [-0.2, 0) is 9.47 Å². The highest BCUT2D eigenvalue weighted by atomic mass is 35.5. The number of rotatable bonds is 6. The number of fused-ring (bicyclic) bond motifs is 1. The predicted molar refractivity (Wildman–Crippen MR) is 146 cm³/mol. The highest BCUT2D eigenvalue weighted by Crippen LogP contribution is 2.34. The normalized spacial score (nSPS) is 29.0. The first-order chi connectivity index (χ1) is 18.4. The van der Waals surface area contributed by atoms with Gasteiger partial charge in [-0.1, -0.05) is 23.2 Å². The van der Waals surface area contributed by atoms with Crippen molar-refractivity contribution >= 4 is 40.5 Å². The van der Waals surface area contributed by atoms with Crippen LogP contribution >= 0.6 is 23.2 Å². The number of hydrogen-bond acceptors (Lipinski definition) is 10. The summed E-state index contributed by atoms with van der Waals surface area (Å²) in [5, 5.41) is 14.1. The number of anilines is 3. The monoisotopic (exact) mass is 564 g/mol. The first-order valence-corrected chi connectivity index (χ1v) is 14.0. The van der Waals surface area contributed by atoms with Crippen LogP contribution in [0.5, 0.6) is 5.88 Å². The largest absolute Gasteiger partial charge is 0.468 e. The number of aromatic nitrogens is 2. The van der Waals surface area contributed by atoms with E-state index in [1.807, 2.05) is 18.2 Å². The third-order valence-corrected chi connectivity index (χ3v) is 8.58. The minimum Gasteiger partial charge on any atom is -0.468 e. The van der Waals surface area contributed by atoms with Crippen molar-refractivity contribution < 1.29 is 19.3 Å². The quantitative estimate of drug-likeness (QED) is 0.545. The Morgan fingerprint density at radius 1 is 1.00 bits per heavy atom. The maximum atomic E-state index is 9.96. The summed E-state index contributed by atoms with van der Waals surface area (Å²) in [6, 6.07) is 6.58. The number of ether oxygens (including phenoxy) is 3. The number of hydrogen-bond donors (Lipinski definition) is 2. The van der Waals surface area contributed by atoms with Crippen molar-refractivity contribution in [3.63, 3.8) is 0 Å². The summed E-state index contributed by atoms with van der Waals surface area (Å²) in [4.78, 5) is 16.2. The van der Waals surface area contributed by atoms with Crippen molar-refractivity contribution in [2.75, 3.05) is 69.7 Å². The lowest BCUT2D eigenvalue weighted by molar-refractivity contribution is 0.00782. The van der Waals surface area contributed by atoms with Crippen molar-refractivity contribution in [1.82, 2.24) is 19.8 Å². The van der Waals surface area contributed by atoms with E-state index in [1.54, 1.807) is 0 Å². The molecule has 6 rings (SSSR count). The predicted octanol–water partition coefficient (Wildman–Crippen LogP) is 2.65. The van der Waals surface area contributed by atoms with Gasteiger partial charge in [-0.25, -0.2) is 4.98 Å². The average Bonchev–Trinajstić information content (AvgIpc) is 3.49. The molecule has 0 spiro atoms. The average molecular weight is 566 g/mol. The van der Waals surface area contributed by atoms with Crippen LogP contribution in [0.15, 0.2) is 24.4 Å². The van der Waals surface area contributed by atoms with Gasteiger partial charge in [0.2, 0.25) is 11.8 Å². The van der Waals surface area contributed by atoms with Crippen molar-refractivity contribution in [3.8, 4) is 5.88 Å². The molecule has 206 valence electrons. The highest BCUT2D eigenvalue weighted by Gasteiger charge is 2.48. The molecule has 0 aliphatic carbocycles. The number of nitrogens with zero attached hydrogens (tertiary/aromatic N) is 5. The zero-order valence-electron chi connectivity index (χ0n) is 21.4. The lowest BCUT2D eigenvalue weighted by Gasteiger charge is -2.42. The smallest absolute Gasteiger partial charge is 0.237 e. The van der Waals surface area contributed by atoms with E-state index in [1.165, 1.54) is 6.20 Å². The van der Waals surface area contributed by atoms with Crippen molar-refractivity contribution in [2.24, 2.45) is 0 Å². The zero-order chi connectivity index (χ0) is 26.2. The number of piperidine rings is 1. The van der Waals surface area contributed by atoms with E-state index < -0.39 is 18.3 Å². The van der Waals surface area contributed by atoms with Gasteiger partial charge in [0, 0.05) is 51.0 Å². The number of piperazine rings is 1. The fraction of sp³-hybridized carbons (Fsp3) is 0.615. The van der Waals surface area contributed by atoms with Gasteiger partial charge in [-0.05, 0) is 38.1 Å². The number of nitrogens with one attached hydrogen (secondary N) is 1. The summed E-state index contributed by atoms with van der Waals surface area (Å²) in [6.45, 7) is 7.14. The van der Waals surface area contributed by atoms with Gasteiger partial charge < -0.3 is 34.4 Å². The molecule has 1 aromatic carbocycles. The maximum absolute atomic E-state index is 9.96. The fourth-order valence-corrected chi connectivity index (χ4v) is 6.25. The second kappa shape index (κ2) is 11.3. The zero-order valence-corrected chi connectivity index (χ0v) is 22.9. The molecular formula is C26H34Cl2N6O4. The molecular weight excluding hydrogens is 531 g/mol. The summed E-state index contributed by atoms with van der Waals surface area (Å²) in [7, 11) is 2.20. The number of likely N-dealkylation sites (N-methyl/N-ethyl adjacent to an activating group) is 1. The second-order valence-corrected chi connectivity index (χ2v) is 11.3. The Balaban J connectivity index is 1.07. The van der Waals surface area contributed by atoms with Crippen LogP contribution in [0.4, 0.5) is 17.3 Å². The van der Waals surface area contributed by atoms with Crippen LogP contribution in [0.25, 0.3) is 0 Å².